The van der Waals surface area contributed by atoms with Crippen LogP contribution in [0.15, 0.2) is 36.0 Å². The Morgan fingerprint density at radius 1 is 1.12 bits per heavy atom. The second kappa shape index (κ2) is 9.58. The molecular weight excluding hydrogens is 296 g/mol. The van der Waals surface area contributed by atoms with Crippen LogP contribution in [0.1, 0.15) is 85.5 Å². The smallest absolute Gasteiger partial charge is 0.0591 e. The highest BCUT2D eigenvalue weighted by atomic mass is 16.3. The third-order valence-corrected chi connectivity index (χ3v) is 4.99. The molecule has 24 heavy (non-hydrogen) atoms. The van der Waals surface area contributed by atoms with Gasteiger partial charge in [-0.3, -0.25) is 0 Å². The van der Waals surface area contributed by atoms with Crippen molar-refractivity contribution in [2.24, 2.45) is 5.41 Å². The highest BCUT2D eigenvalue weighted by Crippen LogP contribution is 2.31. The van der Waals surface area contributed by atoms with Gasteiger partial charge in [-0.05, 0) is 76.2 Å². The highest BCUT2D eigenvalue weighted by molar-refractivity contribution is 5.34. The molecular formula is C22H38O2. The van der Waals surface area contributed by atoms with Gasteiger partial charge in [-0.15, -0.1) is 0 Å². The summed E-state index contributed by atoms with van der Waals surface area (Å²) in [6.07, 6.45) is 15.4. The molecule has 1 fully saturated rings. The van der Waals surface area contributed by atoms with E-state index in [1.807, 2.05) is 13.8 Å². The Bertz CT molecular complexity index is 449. The Balaban J connectivity index is 2.25. The van der Waals surface area contributed by atoms with Gasteiger partial charge in [-0.2, -0.15) is 0 Å². The van der Waals surface area contributed by atoms with Crippen molar-refractivity contribution in [1.82, 2.24) is 0 Å². The Morgan fingerprint density at radius 2 is 1.79 bits per heavy atom. The van der Waals surface area contributed by atoms with E-state index in [0.29, 0.717) is 5.41 Å². The lowest BCUT2D eigenvalue weighted by Crippen LogP contribution is -2.20. The van der Waals surface area contributed by atoms with Gasteiger partial charge in [-0.1, -0.05) is 50.6 Å². The van der Waals surface area contributed by atoms with E-state index in [-0.39, 0.29) is 6.10 Å². The van der Waals surface area contributed by atoms with Crippen molar-refractivity contribution in [2.45, 2.75) is 97.2 Å². The highest BCUT2D eigenvalue weighted by Gasteiger charge is 2.19. The number of hydrogen-bond donors (Lipinski definition) is 2. The van der Waals surface area contributed by atoms with E-state index in [1.165, 1.54) is 30.4 Å². The molecule has 0 heterocycles. The second-order valence-electron chi connectivity index (χ2n) is 8.84. The lowest BCUT2D eigenvalue weighted by molar-refractivity contribution is 0.0643. The Morgan fingerprint density at radius 3 is 2.46 bits per heavy atom. The fraction of sp³-hybridized carbons (Fsp3) is 0.727. The van der Waals surface area contributed by atoms with Crippen molar-refractivity contribution in [3.63, 3.8) is 0 Å². The molecule has 0 radical (unpaired) electrons. The number of aliphatic hydroxyl groups excluding tert-OH is 1. The lowest BCUT2D eigenvalue weighted by atomic mass is 9.81. The third-order valence-electron chi connectivity index (χ3n) is 4.99. The van der Waals surface area contributed by atoms with E-state index in [0.717, 1.165) is 38.5 Å². The maximum atomic E-state index is 9.79. The molecule has 0 spiro atoms. The van der Waals surface area contributed by atoms with Gasteiger partial charge >= 0.3 is 0 Å². The molecule has 0 saturated heterocycles. The zero-order valence-electron chi connectivity index (χ0n) is 16.3. The molecule has 2 N–H and O–H groups in total. The van der Waals surface area contributed by atoms with E-state index < -0.39 is 5.60 Å². The van der Waals surface area contributed by atoms with Crippen LogP contribution in [0.3, 0.4) is 0 Å². The molecule has 1 aliphatic carbocycles. The van der Waals surface area contributed by atoms with E-state index >= 15 is 0 Å². The minimum atomic E-state index is -0.539. The number of hydrogen-bond acceptors (Lipinski definition) is 2. The predicted molar refractivity (Wildman–Crippen MR) is 104 cm³/mol. The van der Waals surface area contributed by atoms with Crippen molar-refractivity contribution < 1.29 is 10.2 Å². The van der Waals surface area contributed by atoms with Crippen LogP contribution in [0.4, 0.5) is 0 Å². The molecule has 0 amide bonds. The van der Waals surface area contributed by atoms with Crippen molar-refractivity contribution in [1.29, 1.82) is 0 Å². The van der Waals surface area contributed by atoms with Crippen LogP contribution in [0, 0.1) is 5.41 Å². The summed E-state index contributed by atoms with van der Waals surface area (Å²) in [6.45, 7) is 12.5. The quantitative estimate of drug-likeness (QED) is 0.530. The van der Waals surface area contributed by atoms with E-state index in [9.17, 15) is 10.2 Å². The molecule has 138 valence electrons. The van der Waals surface area contributed by atoms with Gasteiger partial charge in [0.05, 0.1) is 11.7 Å². The standard InChI is InChI=1S/C22H38O2/c1-18-12-13-20(23)17-19(18)11-8-6-7-9-14-21(2,3)15-10-16-22(4,5)24/h6,8,11,20,23-24H,1,7,9-10,12-17H2,2-5H3/t20-/m0/s1. The average molecular weight is 335 g/mol. The molecule has 0 aromatic carbocycles. The van der Waals surface area contributed by atoms with Gasteiger partial charge < -0.3 is 10.2 Å². The summed E-state index contributed by atoms with van der Waals surface area (Å²) >= 11 is 0. The molecule has 0 bridgehead atoms. The summed E-state index contributed by atoms with van der Waals surface area (Å²) in [5, 5.41) is 19.5. The van der Waals surface area contributed by atoms with Crippen molar-refractivity contribution >= 4 is 0 Å². The first-order valence-electron chi connectivity index (χ1n) is 9.53. The normalized spacial score (nSPS) is 21.8. The summed E-state index contributed by atoms with van der Waals surface area (Å²) in [5.74, 6) is 0. The van der Waals surface area contributed by atoms with Crippen molar-refractivity contribution in [3.05, 3.63) is 36.0 Å². The van der Waals surface area contributed by atoms with Crippen LogP contribution < -0.4 is 0 Å². The van der Waals surface area contributed by atoms with Crippen molar-refractivity contribution in [2.75, 3.05) is 0 Å². The van der Waals surface area contributed by atoms with E-state index in [4.69, 9.17) is 0 Å². The molecule has 1 aliphatic rings. The Hall–Kier alpha value is -0.860. The minimum Gasteiger partial charge on any atom is -0.393 e. The Kier molecular flexibility index (Phi) is 8.45. The summed E-state index contributed by atoms with van der Waals surface area (Å²) in [6, 6.07) is 0. The zero-order chi connectivity index (χ0) is 18.2. The molecule has 2 heteroatoms. The maximum absolute atomic E-state index is 9.79. The fourth-order valence-electron chi connectivity index (χ4n) is 3.29. The average Bonchev–Trinajstić information content (AvgIpc) is 2.44. The van der Waals surface area contributed by atoms with Gasteiger partial charge in [0, 0.05) is 0 Å². The third kappa shape index (κ3) is 9.44. The van der Waals surface area contributed by atoms with Crippen LogP contribution in [0.2, 0.25) is 0 Å². The first-order chi connectivity index (χ1) is 11.1. The summed E-state index contributed by atoms with van der Waals surface area (Å²) in [7, 11) is 0. The first-order valence-corrected chi connectivity index (χ1v) is 9.53. The molecule has 0 aromatic rings. The van der Waals surface area contributed by atoms with Crippen LogP contribution >= 0.6 is 0 Å². The van der Waals surface area contributed by atoms with Gasteiger partial charge in [0.15, 0.2) is 0 Å². The molecule has 1 rings (SSSR count). The topological polar surface area (TPSA) is 40.5 Å². The summed E-state index contributed by atoms with van der Waals surface area (Å²) < 4.78 is 0. The first kappa shape index (κ1) is 21.2. The molecule has 0 unspecified atom stereocenters. The van der Waals surface area contributed by atoms with Gasteiger partial charge in [-0.25, -0.2) is 0 Å². The molecule has 0 aromatic heterocycles. The molecule has 0 aliphatic heterocycles. The number of unbranched alkanes of at least 4 members (excludes halogenated alkanes) is 1. The fourth-order valence-corrected chi connectivity index (χ4v) is 3.29. The molecule has 1 saturated carbocycles. The van der Waals surface area contributed by atoms with Gasteiger partial charge in [0.2, 0.25) is 0 Å². The summed E-state index contributed by atoms with van der Waals surface area (Å²) in [5.41, 5.74) is 2.19. The molecule has 1 atom stereocenters. The van der Waals surface area contributed by atoms with E-state index in [2.05, 4.69) is 38.7 Å². The maximum Gasteiger partial charge on any atom is 0.0591 e. The number of aliphatic hydroxyl groups is 2. The van der Waals surface area contributed by atoms with Crippen LogP contribution in [-0.2, 0) is 0 Å². The second-order valence-corrected chi connectivity index (χ2v) is 8.84. The minimum absolute atomic E-state index is 0.195. The van der Waals surface area contributed by atoms with Gasteiger partial charge in [0.1, 0.15) is 0 Å². The monoisotopic (exact) mass is 334 g/mol. The zero-order valence-corrected chi connectivity index (χ0v) is 16.3. The van der Waals surface area contributed by atoms with Crippen molar-refractivity contribution in [3.8, 4) is 0 Å². The predicted octanol–water partition coefficient (Wildman–Crippen LogP) is 5.71. The SMILES string of the molecule is C=C1CC[C@H](O)CC1=CC=CCCCC(C)(C)CCCC(C)(C)O. The number of rotatable bonds is 9. The van der Waals surface area contributed by atoms with Crippen LogP contribution in [0.5, 0.6) is 0 Å². The number of allylic oxidation sites excluding steroid dienone is 4. The lowest BCUT2D eigenvalue weighted by Gasteiger charge is -2.26. The molecule has 2 nitrogen and oxygen atoms in total. The summed E-state index contributed by atoms with van der Waals surface area (Å²) in [4.78, 5) is 0. The Labute approximate surface area is 149 Å². The van der Waals surface area contributed by atoms with Crippen LogP contribution in [0.25, 0.3) is 0 Å². The van der Waals surface area contributed by atoms with Gasteiger partial charge in [0.25, 0.3) is 0 Å². The van der Waals surface area contributed by atoms with E-state index in [1.54, 1.807) is 0 Å². The largest absolute Gasteiger partial charge is 0.393 e. The van der Waals surface area contributed by atoms with Crippen LogP contribution in [-0.4, -0.2) is 21.9 Å².